The van der Waals surface area contributed by atoms with E-state index in [0.717, 1.165) is 63.6 Å². The summed E-state index contributed by atoms with van der Waals surface area (Å²) in [6.07, 6.45) is 3.83. The SMILES string of the molecule is C=C(CCNN(C)O)COc1ccc(C(C)(C)c2cc(C#N)c(OCCCOC(=O)Nc3ccc(C(=O)C(C)C)c(C)c3)c(CC)c2)cc1.C=C1CCC(C)C(=O)N1.CC=O. The van der Waals surface area contributed by atoms with E-state index in [1.807, 2.05) is 65.0 Å². The van der Waals surface area contributed by atoms with E-state index in [-0.39, 0.29) is 36.7 Å². The standard InChI is InChI=1S/C39H50N4O6.C7H11NO.C2H4O/c1-9-29-22-32(39(6,7)31-11-14-34(15-12-31)49-25-27(4)17-18-41-43(8)46)23-30(24-40)37(29)47-19-10-20-48-38(45)42-33-13-16-35(28(5)21-33)36(44)26(2)3;1-5-3-4-6(2)8-7(5)9;1-2-3/h11-16,21-23,26,41,46H,4,9-10,17-20,25H2,1-3,5-8H3,(H,42,45);5H,2-4H2,1H3,(H,8,9);2H,1H3. The topological polar surface area (TPSA) is 179 Å². The maximum absolute atomic E-state index is 12.4. The summed E-state index contributed by atoms with van der Waals surface area (Å²) in [5, 5.41) is 25.5. The highest BCUT2D eigenvalue weighted by Gasteiger charge is 2.26. The molecule has 3 aromatic carbocycles. The van der Waals surface area contributed by atoms with Crippen molar-refractivity contribution in [3.8, 4) is 17.6 Å². The van der Waals surface area contributed by atoms with Gasteiger partial charge in [-0.05, 0) is 104 Å². The molecule has 0 aliphatic carbocycles. The van der Waals surface area contributed by atoms with Gasteiger partial charge in [-0.3, -0.25) is 20.1 Å². The Morgan fingerprint density at radius 3 is 2.33 bits per heavy atom. The van der Waals surface area contributed by atoms with Crippen LogP contribution in [-0.4, -0.2) is 67.9 Å². The minimum atomic E-state index is -0.592. The number of aldehydes is 1. The van der Waals surface area contributed by atoms with Crippen LogP contribution in [0.25, 0.3) is 0 Å². The zero-order valence-corrected chi connectivity index (χ0v) is 37.4. The number of nitrogens with one attached hydrogen (secondary N) is 3. The van der Waals surface area contributed by atoms with Crippen LogP contribution in [0.4, 0.5) is 10.5 Å². The maximum atomic E-state index is 12.4. The zero-order chi connectivity index (χ0) is 45.7. The number of rotatable bonds is 18. The van der Waals surface area contributed by atoms with Crippen LogP contribution in [0, 0.1) is 30.1 Å². The fourth-order valence-corrected chi connectivity index (χ4v) is 6.12. The van der Waals surface area contributed by atoms with Gasteiger partial charge in [-0.25, -0.2) is 10.2 Å². The number of ether oxygens (including phenoxy) is 3. The first-order valence-corrected chi connectivity index (χ1v) is 20.6. The number of nitrogens with zero attached hydrogens (tertiary/aromatic N) is 2. The fraction of sp³-hybridized carbons (Fsp3) is 0.438. The molecule has 3 aromatic rings. The van der Waals surface area contributed by atoms with Gasteiger partial charge in [0, 0.05) is 54.2 Å². The molecule has 1 saturated heterocycles. The van der Waals surface area contributed by atoms with Crippen LogP contribution in [0.1, 0.15) is 112 Å². The van der Waals surface area contributed by atoms with E-state index in [2.05, 4.69) is 55.2 Å². The van der Waals surface area contributed by atoms with E-state index >= 15 is 0 Å². The molecule has 2 amide bonds. The van der Waals surface area contributed by atoms with Crippen molar-refractivity contribution in [1.82, 2.24) is 15.9 Å². The van der Waals surface area contributed by atoms with Crippen molar-refractivity contribution >= 4 is 29.8 Å². The average Bonchev–Trinajstić information content (AvgIpc) is 3.21. The predicted octanol–water partition coefficient (Wildman–Crippen LogP) is 9.01. The van der Waals surface area contributed by atoms with Crippen molar-refractivity contribution in [2.75, 3.05) is 38.7 Å². The van der Waals surface area contributed by atoms with Crippen LogP contribution in [0.15, 0.2) is 79.0 Å². The number of nitriles is 1. The van der Waals surface area contributed by atoms with E-state index in [1.165, 1.54) is 14.0 Å². The van der Waals surface area contributed by atoms with Crippen LogP contribution in [0.5, 0.6) is 11.5 Å². The number of amides is 2. The number of hydroxylamine groups is 1. The van der Waals surface area contributed by atoms with Gasteiger partial charge in [0.15, 0.2) is 5.78 Å². The number of hydrazine groups is 1. The number of hydrogen-bond acceptors (Lipinski definition) is 11. The summed E-state index contributed by atoms with van der Waals surface area (Å²) in [7, 11) is 1.51. The molecule has 0 aromatic heterocycles. The average molecular weight is 840 g/mol. The van der Waals surface area contributed by atoms with Crippen molar-refractivity contribution in [2.24, 2.45) is 11.8 Å². The second-order valence-corrected chi connectivity index (χ2v) is 15.6. The van der Waals surface area contributed by atoms with Crippen molar-refractivity contribution in [3.05, 3.63) is 112 Å². The Morgan fingerprint density at radius 2 is 1.77 bits per heavy atom. The summed E-state index contributed by atoms with van der Waals surface area (Å²) < 4.78 is 17.3. The normalized spacial score (nSPS) is 13.4. The summed E-state index contributed by atoms with van der Waals surface area (Å²) in [5.41, 5.74) is 9.58. The lowest BCUT2D eigenvalue weighted by Gasteiger charge is -2.28. The van der Waals surface area contributed by atoms with Crippen molar-refractivity contribution < 1.29 is 38.6 Å². The number of carbonyl (C=O) groups excluding carboxylic acids is 4. The van der Waals surface area contributed by atoms with Crippen LogP contribution in [0.3, 0.4) is 0 Å². The second-order valence-electron chi connectivity index (χ2n) is 15.6. The van der Waals surface area contributed by atoms with Gasteiger partial charge < -0.3 is 24.3 Å². The van der Waals surface area contributed by atoms with Crippen LogP contribution in [0.2, 0.25) is 0 Å². The second kappa shape index (κ2) is 25.7. The highest BCUT2D eigenvalue weighted by Crippen LogP contribution is 2.37. The molecule has 1 unspecified atom stereocenters. The van der Waals surface area contributed by atoms with Crippen molar-refractivity contribution in [1.29, 1.82) is 5.26 Å². The van der Waals surface area contributed by atoms with Gasteiger partial charge in [0.2, 0.25) is 5.91 Å². The van der Waals surface area contributed by atoms with Crippen LogP contribution >= 0.6 is 0 Å². The quantitative estimate of drug-likeness (QED) is 0.0316. The molecule has 0 saturated carbocycles. The monoisotopic (exact) mass is 839 g/mol. The first-order valence-electron chi connectivity index (χ1n) is 20.6. The molecule has 1 atom stereocenters. The smallest absolute Gasteiger partial charge is 0.411 e. The summed E-state index contributed by atoms with van der Waals surface area (Å²) in [6, 6.07) is 19.4. The molecule has 61 heavy (non-hydrogen) atoms. The lowest BCUT2D eigenvalue weighted by Crippen LogP contribution is -2.32. The number of Topliss-reactive ketones (excluding diaryl/α,β-unsaturated/α-hetero) is 1. The molecule has 13 heteroatoms. The number of carbonyl (C=O) groups is 4. The molecule has 4 N–H and O–H groups in total. The Hall–Kier alpha value is -5.81. The number of piperidine rings is 1. The maximum Gasteiger partial charge on any atom is 0.411 e. The molecule has 13 nitrogen and oxygen atoms in total. The predicted molar refractivity (Wildman–Crippen MR) is 239 cm³/mol. The van der Waals surface area contributed by atoms with Gasteiger partial charge in [-0.15, -0.1) is 5.17 Å². The third-order valence-corrected chi connectivity index (χ3v) is 9.88. The van der Waals surface area contributed by atoms with Gasteiger partial charge in [-0.1, -0.05) is 72.9 Å². The molecular formula is C48H65N5O8. The molecule has 1 fully saturated rings. The highest BCUT2D eigenvalue weighted by atomic mass is 16.6. The van der Waals surface area contributed by atoms with E-state index in [9.17, 15) is 19.6 Å². The number of aryl methyl sites for hydroxylation is 2. The number of ketones is 1. The van der Waals surface area contributed by atoms with Gasteiger partial charge >= 0.3 is 6.09 Å². The summed E-state index contributed by atoms with van der Waals surface area (Å²) >= 11 is 0. The van der Waals surface area contributed by atoms with Crippen molar-refractivity contribution in [3.63, 3.8) is 0 Å². The first-order chi connectivity index (χ1) is 28.9. The molecule has 330 valence electrons. The fourth-order valence-electron chi connectivity index (χ4n) is 6.12. The zero-order valence-electron chi connectivity index (χ0n) is 37.4. The summed E-state index contributed by atoms with van der Waals surface area (Å²) in [5.74, 6) is 1.52. The molecule has 0 radical (unpaired) electrons. The lowest BCUT2D eigenvalue weighted by molar-refractivity contribution is -0.124. The molecule has 4 rings (SSSR count). The van der Waals surface area contributed by atoms with Gasteiger partial charge in [0.05, 0.1) is 18.8 Å². The summed E-state index contributed by atoms with van der Waals surface area (Å²) in [4.78, 5) is 44.3. The largest absolute Gasteiger partial charge is 0.492 e. The Bertz CT molecular complexity index is 2000. The molecule has 0 spiro atoms. The first kappa shape index (κ1) is 51.3. The Balaban J connectivity index is 0.000000921. The Kier molecular flexibility index (Phi) is 21.7. The third kappa shape index (κ3) is 17.0. The minimum absolute atomic E-state index is 0.0598. The minimum Gasteiger partial charge on any atom is -0.492 e. The highest BCUT2D eigenvalue weighted by molar-refractivity contribution is 5.99. The molecule has 1 aliphatic rings. The van der Waals surface area contributed by atoms with E-state index in [1.54, 1.807) is 18.2 Å². The van der Waals surface area contributed by atoms with Gasteiger partial charge in [-0.2, -0.15) is 5.26 Å². The lowest BCUT2D eigenvalue weighted by atomic mass is 9.77. The molecular weight excluding hydrogens is 775 g/mol. The number of hydrogen-bond donors (Lipinski definition) is 4. The Labute approximate surface area is 362 Å². The Morgan fingerprint density at radius 1 is 1.10 bits per heavy atom. The molecule has 0 bridgehead atoms. The van der Waals surface area contributed by atoms with E-state index in [4.69, 9.17) is 24.2 Å². The number of benzene rings is 3. The van der Waals surface area contributed by atoms with Gasteiger partial charge in [0.25, 0.3) is 0 Å². The molecule has 1 aliphatic heterocycles. The van der Waals surface area contributed by atoms with E-state index in [0.29, 0.717) is 55.0 Å². The van der Waals surface area contributed by atoms with Crippen LogP contribution in [-0.2, 0) is 26.2 Å². The van der Waals surface area contributed by atoms with Crippen LogP contribution < -0.4 is 25.5 Å². The van der Waals surface area contributed by atoms with E-state index < -0.39 is 11.5 Å². The summed E-state index contributed by atoms with van der Waals surface area (Å²) in [6.45, 7) is 24.2. The van der Waals surface area contributed by atoms with Crippen molar-refractivity contribution in [2.45, 2.75) is 92.9 Å². The number of anilines is 1. The van der Waals surface area contributed by atoms with Gasteiger partial charge in [0.1, 0.15) is 30.5 Å². The third-order valence-electron chi connectivity index (χ3n) is 9.88. The molecule has 1 heterocycles. The number of allylic oxidation sites excluding steroid dienone is 1.